The molecule has 0 unspecified atom stereocenters. The summed E-state index contributed by atoms with van der Waals surface area (Å²) >= 11 is 1.41. The molecule has 8 heteroatoms. The molecular weight excluding hydrogens is 362 g/mol. The van der Waals surface area contributed by atoms with Gasteiger partial charge in [-0.25, -0.2) is 0 Å². The number of carbonyl (C=O) groups is 1. The van der Waals surface area contributed by atoms with Crippen LogP contribution in [-0.2, 0) is 9.53 Å². The third kappa shape index (κ3) is 5.46. The summed E-state index contributed by atoms with van der Waals surface area (Å²) in [7, 11) is 0. The van der Waals surface area contributed by atoms with E-state index in [1.54, 1.807) is 0 Å². The van der Waals surface area contributed by atoms with Crippen molar-refractivity contribution in [3.8, 4) is 5.69 Å². The zero-order valence-corrected chi connectivity index (χ0v) is 16.7. The second-order valence-corrected chi connectivity index (χ2v) is 7.82. The van der Waals surface area contributed by atoms with Crippen molar-refractivity contribution in [2.45, 2.75) is 25.4 Å². The van der Waals surface area contributed by atoms with Gasteiger partial charge in [0, 0.05) is 19.6 Å². The maximum atomic E-state index is 12.1. The minimum Gasteiger partial charge on any atom is -0.378 e. The number of ether oxygens (including phenoxy) is 1. The van der Waals surface area contributed by atoms with E-state index in [0.29, 0.717) is 31.4 Å². The molecule has 0 radical (unpaired) electrons. The van der Waals surface area contributed by atoms with Gasteiger partial charge in [-0.15, -0.1) is 10.2 Å². The summed E-state index contributed by atoms with van der Waals surface area (Å²) < 4.78 is 7.47. The number of nitrogens with zero attached hydrogens (tertiary/aromatic N) is 4. The van der Waals surface area contributed by atoms with Crippen LogP contribution in [-0.4, -0.2) is 59.3 Å². The van der Waals surface area contributed by atoms with Gasteiger partial charge in [0.05, 0.1) is 24.7 Å². The van der Waals surface area contributed by atoms with E-state index in [0.717, 1.165) is 36.3 Å². The Morgan fingerprint density at radius 3 is 2.67 bits per heavy atom. The second-order valence-electron chi connectivity index (χ2n) is 6.87. The molecule has 1 amide bonds. The van der Waals surface area contributed by atoms with Crippen molar-refractivity contribution in [2.75, 3.05) is 43.5 Å². The van der Waals surface area contributed by atoms with Gasteiger partial charge in [0.1, 0.15) is 0 Å². The molecule has 27 heavy (non-hydrogen) atoms. The van der Waals surface area contributed by atoms with E-state index in [1.807, 2.05) is 34.9 Å². The molecule has 1 fully saturated rings. The Morgan fingerprint density at radius 1 is 1.22 bits per heavy atom. The Kier molecular flexibility index (Phi) is 7.11. The highest BCUT2D eigenvalue weighted by Crippen LogP contribution is 2.27. The van der Waals surface area contributed by atoms with Crippen LogP contribution in [0.1, 0.15) is 20.3 Å². The first-order valence-corrected chi connectivity index (χ1v) is 10.4. The monoisotopic (exact) mass is 389 g/mol. The molecule has 1 saturated heterocycles. The maximum absolute atomic E-state index is 12.1. The molecule has 1 aromatic carbocycles. The first-order chi connectivity index (χ1) is 13.1. The molecule has 0 spiro atoms. The van der Waals surface area contributed by atoms with Crippen molar-refractivity contribution >= 4 is 23.6 Å². The Labute approximate surface area is 164 Å². The average molecular weight is 390 g/mol. The van der Waals surface area contributed by atoms with Gasteiger partial charge in [0.2, 0.25) is 11.9 Å². The zero-order chi connectivity index (χ0) is 19.1. The molecule has 146 valence electrons. The van der Waals surface area contributed by atoms with Crippen molar-refractivity contribution in [1.82, 2.24) is 20.1 Å². The van der Waals surface area contributed by atoms with Gasteiger partial charge in [-0.1, -0.05) is 43.8 Å². The van der Waals surface area contributed by atoms with Crippen LogP contribution in [0.3, 0.4) is 0 Å². The number of morpholine rings is 1. The van der Waals surface area contributed by atoms with Gasteiger partial charge in [0.25, 0.3) is 0 Å². The Morgan fingerprint density at radius 2 is 1.96 bits per heavy atom. The van der Waals surface area contributed by atoms with Crippen LogP contribution in [0.15, 0.2) is 35.5 Å². The number of hydrogen-bond acceptors (Lipinski definition) is 6. The first-order valence-electron chi connectivity index (χ1n) is 9.38. The molecule has 3 rings (SSSR count). The molecular formula is C19H27N5O2S. The van der Waals surface area contributed by atoms with Crippen LogP contribution in [0.25, 0.3) is 5.69 Å². The highest BCUT2D eigenvalue weighted by Gasteiger charge is 2.22. The summed E-state index contributed by atoms with van der Waals surface area (Å²) in [5.41, 5.74) is 0.992. The minimum absolute atomic E-state index is 0.0242. The molecule has 0 aliphatic carbocycles. The molecule has 1 aromatic heterocycles. The summed E-state index contributed by atoms with van der Waals surface area (Å²) in [5, 5.41) is 12.5. The number of thioether (sulfide) groups is 1. The lowest BCUT2D eigenvalue weighted by atomic mass is 10.1. The molecule has 2 heterocycles. The van der Waals surface area contributed by atoms with Gasteiger partial charge in [0.15, 0.2) is 5.16 Å². The number of rotatable bonds is 8. The summed E-state index contributed by atoms with van der Waals surface area (Å²) in [5.74, 6) is 1.73. The van der Waals surface area contributed by atoms with E-state index in [-0.39, 0.29) is 5.91 Å². The van der Waals surface area contributed by atoms with Crippen molar-refractivity contribution in [3.63, 3.8) is 0 Å². The molecule has 7 nitrogen and oxygen atoms in total. The van der Waals surface area contributed by atoms with E-state index in [2.05, 4.69) is 34.3 Å². The lowest BCUT2D eigenvalue weighted by Gasteiger charge is -2.27. The SMILES string of the molecule is CC(C)CCNC(=O)CSc1nnc(N2CCOCC2)n1-c1ccccc1. The summed E-state index contributed by atoms with van der Waals surface area (Å²) in [6.45, 7) is 7.94. The fraction of sp³-hybridized carbons (Fsp3) is 0.526. The minimum atomic E-state index is 0.0242. The molecule has 2 aromatic rings. The predicted molar refractivity (Wildman–Crippen MR) is 108 cm³/mol. The third-order valence-electron chi connectivity index (χ3n) is 4.30. The second kappa shape index (κ2) is 9.75. The normalized spacial score (nSPS) is 14.6. The molecule has 1 aliphatic rings. The van der Waals surface area contributed by atoms with Gasteiger partial charge >= 0.3 is 0 Å². The highest BCUT2D eigenvalue weighted by molar-refractivity contribution is 7.99. The molecule has 1 aliphatic heterocycles. The number of benzene rings is 1. The number of para-hydroxylation sites is 1. The topological polar surface area (TPSA) is 72.3 Å². The highest BCUT2D eigenvalue weighted by atomic mass is 32.2. The predicted octanol–water partition coefficient (Wildman–Crippen LogP) is 2.36. The number of anilines is 1. The van der Waals surface area contributed by atoms with Crippen LogP contribution >= 0.6 is 11.8 Å². The van der Waals surface area contributed by atoms with Crippen LogP contribution in [0.4, 0.5) is 5.95 Å². The molecule has 0 atom stereocenters. The van der Waals surface area contributed by atoms with Crippen molar-refractivity contribution in [2.24, 2.45) is 5.92 Å². The number of amides is 1. The first kappa shape index (κ1) is 19.7. The van der Waals surface area contributed by atoms with Gasteiger partial charge in [-0.3, -0.25) is 9.36 Å². The largest absolute Gasteiger partial charge is 0.378 e. The quantitative estimate of drug-likeness (QED) is 0.699. The summed E-state index contributed by atoms with van der Waals surface area (Å²) in [4.78, 5) is 14.3. The van der Waals surface area contributed by atoms with E-state index < -0.39 is 0 Å². The van der Waals surface area contributed by atoms with E-state index in [1.165, 1.54) is 11.8 Å². The number of hydrogen-bond donors (Lipinski definition) is 1. The van der Waals surface area contributed by atoms with Gasteiger partial charge in [-0.05, 0) is 24.5 Å². The standard InChI is InChI=1S/C19H27N5O2S/c1-15(2)8-9-20-17(25)14-27-19-22-21-18(23-10-12-26-13-11-23)24(19)16-6-4-3-5-7-16/h3-7,15H,8-14H2,1-2H3,(H,20,25). The van der Waals surface area contributed by atoms with E-state index in [9.17, 15) is 4.79 Å². The van der Waals surface area contributed by atoms with Gasteiger partial charge < -0.3 is 15.0 Å². The van der Waals surface area contributed by atoms with Crippen LogP contribution < -0.4 is 10.2 Å². The lowest BCUT2D eigenvalue weighted by Crippen LogP contribution is -2.37. The van der Waals surface area contributed by atoms with Crippen LogP contribution in [0.5, 0.6) is 0 Å². The zero-order valence-electron chi connectivity index (χ0n) is 15.9. The van der Waals surface area contributed by atoms with Crippen LogP contribution in [0, 0.1) is 5.92 Å². The van der Waals surface area contributed by atoms with Crippen molar-refractivity contribution < 1.29 is 9.53 Å². The van der Waals surface area contributed by atoms with Crippen molar-refractivity contribution in [1.29, 1.82) is 0 Å². The van der Waals surface area contributed by atoms with Crippen molar-refractivity contribution in [3.05, 3.63) is 30.3 Å². The third-order valence-corrected chi connectivity index (χ3v) is 5.23. The average Bonchev–Trinajstić information content (AvgIpc) is 3.11. The smallest absolute Gasteiger partial charge is 0.232 e. The van der Waals surface area contributed by atoms with E-state index in [4.69, 9.17) is 4.74 Å². The maximum Gasteiger partial charge on any atom is 0.232 e. The molecule has 0 saturated carbocycles. The Bertz CT molecular complexity index is 729. The lowest BCUT2D eigenvalue weighted by molar-refractivity contribution is -0.118. The summed E-state index contributed by atoms with van der Waals surface area (Å²) in [6, 6.07) is 10.0. The molecule has 1 N–H and O–H groups in total. The Hall–Kier alpha value is -2.06. The van der Waals surface area contributed by atoms with Crippen LogP contribution in [0.2, 0.25) is 0 Å². The number of carbonyl (C=O) groups excluding carboxylic acids is 1. The fourth-order valence-electron chi connectivity index (χ4n) is 2.81. The fourth-order valence-corrected chi connectivity index (χ4v) is 3.59. The Balaban J connectivity index is 1.73. The van der Waals surface area contributed by atoms with E-state index >= 15 is 0 Å². The van der Waals surface area contributed by atoms with Gasteiger partial charge in [-0.2, -0.15) is 0 Å². The number of aromatic nitrogens is 3. The molecule has 0 bridgehead atoms. The number of nitrogens with one attached hydrogen (secondary N) is 1. The summed E-state index contributed by atoms with van der Waals surface area (Å²) in [6.07, 6.45) is 0.984.